The third-order valence-electron chi connectivity index (χ3n) is 4.33. The topological polar surface area (TPSA) is 87.7 Å². The van der Waals surface area contributed by atoms with Gasteiger partial charge in [-0.2, -0.15) is 0 Å². The van der Waals surface area contributed by atoms with Crippen molar-refractivity contribution in [1.29, 1.82) is 0 Å². The fourth-order valence-electron chi connectivity index (χ4n) is 2.95. The Bertz CT molecular complexity index is 633. The lowest BCUT2D eigenvalue weighted by Crippen LogP contribution is -2.48. The number of nitrogens with one attached hydrogen (secondary N) is 2. The van der Waals surface area contributed by atoms with Crippen molar-refractivity contribution in [3.05, 3.63) is 29.8 Å². The normalized spacial score (nSPS) is 16.4. The highest BCUT2D eigenvalue weighted by atomic mass is 16.5. The van der Waals surface area contributed by atoms with Crippen molar-refractivity contribution in [2.75, 3.05) is 27.2 Å². The van der Waals surface area contributed by atoms with Gasteiger partial charge in [-0.15, -0.1) is 0 Å². The Morgan fingerprint density at radius 1 is 1.32 bits per heavy atom. The Labute approximate surface area is 147 Å². The van der Waals surface area contributed by atoms with Gasteiger partial charge in [0.2, 0.25) is 17.7 Å². The van der Waals surface area contributed by atoms with Gasteiger partial charge in [0.05, 0.1) is 13.7 Å². The first-order chi connectivity index (χ1) is 12.0. The summed E-state index contributed by atoms with van der Waals surface area (Å²) in [7, 11) is 3.16. The number of likely N-dealkylation sites (tertiary alicyclic amines) is 1. The van der Waals surface area contributed by atoms with Crippen LogP contribution in [-0.4, -0.2) is 55.9 Å². The number of carbonyl (C=O) groups is 3. The van der Waals surface area contributed by atoms with Gasteiger partial charge >= 0.3 is 0 Å². The van der Waals surface area contributed by atoms with Crippen molar-refractivity contribution < 1.29 is 19.1 Å². The van der Waals surface area contributed by atoms with Gasteiger partial charge in [0, 0.05) is 20.0 Å². The monoisotopic (exact) mass is 347 g/mol. The first kappa shape index (κ1) is 18.8. The summed E-state index contributed by atoms with van der Waals surface area (Å²) in [5.74, 6) is 0.185. The Morgan fingerprint density at radius 3 is 2.84 bits per heavy atom. The second-order valence-electron chi connectivity index (χ2n) is 5.99. The Balaban J connectivity index is 1.77. The number of hydrogen-bond acceptors (Lipinski definition) is 4. The molecule has 136 valence electrons. The van der Waals surface area contributed by atoms with Crippen molar-refractivity contribution in [3.8, 4) is 5.75 Å². The molecule has 0 radical (unpaired) electrons. The number of aryl methyl sites for hydroxylation is 1. The van der Waals surface area contributed by atoms with E-state index in [1.165, 1.54) is 0 Å². The van der Waals surface area contributed by atoms with Crippen LogP contribution in [0.2, 0.25) is 0 Å². The molecular formula is C18H25N3O4. The van der Waals surface area contributed by atoms with Gasteiger partial charge in [0.1, 0.15) is 11.8 Å². The second-order valence-corrected chi connectivity index (χ2v) is 5.99. The van der Waals surface area contributed by atoms with E-state index in [0.717, 1.165) is 17.7 Å². The number of amides is 3. The zero-order chi connectivity index (χ0) is 18.2. The van der Waals surface area contributed by atoms with Crippen molar-refractivity contribution in [2.24, 2.45) is 0 Å². The molecule has 2 N–H and O–H groups in total. The molecule has 7 nitrogen and oxygen atoms in total. The molecule has 0 bridgehead atoms. The number of nitrogens with zero attached hydrogens (tertiary/aromatic N) is 1. The number of likely N-dealkylation sites (N-methyl/N-ethyl adjacent to an activating group) is 1. The van der Waals surface area contributed by atoms with E-state index < -0.39 is 6.04 Å². The Kier molecular flexibility index (Phi) is 6.80. The second kappa shape index (κ2) is 9.05. The minimum Gasteiger partial charge on any atom is -0.497 e. The maximum Gasteiger partial charge on any atom is 0.242 e. The van der Waals surface area contributed by atoms with Crippen LogP contribution in [0.15, 0.2) is 24.3 Å². The highest BCUT2D eigenvalue weighted by Gasteiger charge is 2.33. The Hall–Kier alpha value is -2.57. The van der Waals surface area contributed by atoms with Crippen LogP contribution in [0.1, 0.15) is 24.8 Å². The zero-order valence-corrected chi connectivity index (χ0v) is 14.7. The summed E-state index contributed by atoms with van der Waals surface area (Å²) < 4.78 is 5.15. The van der Waals surface area contributed by atoms with Crippen LogP contribution in [0.4, 0.5) is 0 Å². The number of methoxy groups -OCH3 is 1. The molecular weight excluding hydrogens is 322 g/mol. The number of carbonyl (C=O) groups excluding carboxylic acids is 3. The summed E-state index contributed by atoms with van der Waals surface area (Å²) in [6, 6.07) is 7.12. The van der Waals surface area contributed by atoms with Crippen molar-refractivity contribution in [3.63, 3.8) is 0 Å². The summed E-state index contributed by atoms with van der Waals surface area (Å²) in [6.45, 7) is 0.473. The van der Waals surface area contributed by atoms with Crippen LogP contribution in [0.25, 0.3) is 0 Å². The van der Waals surface area contributed by atoms with Gasteiger partial charge in [-0.05, 0) is 37.0 Å². The van der Waals surface area contributed by atoms with E-state index in [-0.39, 0.29) is 24.3 Å². The van der Waals surface area contributed by atoms with Crippen LogP contribution >= 0.6 is 0 Å². The molecule has 0 saturated carbocycles. The minimum absolute atomic E-state index is 0.0789. The molecule has 1 atom stereocenters. The predicted molar refractivity (Wildman–Crippen MR) is 93.1 cm³/mol. The van der Waals surface area contributed by atoms with Crippen LogP contribution < -0.4 is 15.4 Å². The average molecular weight is 347 g/mol. The molecule has 1 fully saturated rings. The van der Waals surface area contributed by atoms with Crippen LogP contribution in [-0.2, 0) is 20.8 Å². The van der Waals surface area contributed by atoms with E-state index >= 15 is 0 Å². The molecule has 0 unspecified atom stereocenters. The third kappa shape index (κ3) is 5.20. The zero-order valence-electron chi connectivity index (χ0n) is 14.7. The van der Waals surface area contributed by atoms with E-state index in [1.54, 1.807) is 19.1 Å². The summed E-state index contributed by atoms with van der Waals surface area (Å²) in [4.78, 5) is 37.5. The quantitative estimate of drug-likeness (QED) is 0.751. The van der Waals surface area contributed by atoms with Crippen LogP contribution in [0, 0.1) is 0 Å². The molecule has 1 aliphatic heterocycles. The van der Waals surface area contributed by atoms with E-state index in [4.69, 9.17) is 4.74 Å². The smallest absolute Gasteiger partial charge is 0.242 e. The van der Waals surface area contributed by atoms with E-state index in [1.807, 2.05) is 24.3 Å². The molecule has 25 heavy (non-hydrogen) atoms. The first-order valence-corrected chi connectivity index (χ1v) is 8.46. The SMILES string of the molecule is CNC(=O)[C@H]1CCCN1C(=O)CNC(=O)CCc1cccc(OC)c1. The lowest BCUT2D eigenvalue weighted by Gasteiger charge is -2.23. The lowest BCUT2D eigenvalue weighted by atomic mass is 10.1. The first-order valence-electron chi connectivity index (χ1n) is 8.46. The van der Waals surface area contributed by atoms with Gasteiger partial charge in [-0.3, -0.25) is 14.4 Å². The number of benzene rings is 1. The molecule has 0 aromatic heterocycles. The van der Waals surface area contributed by atoms with Gasteiger partial charge in [-0.25, -0.2) is 0 Å². The van der Waals surface area contributed by atoms with Crippen molar-refractivity contribution >= 4 is 17.7 Å². The molecule has 1 aliphatic rings. The minimum atomic E-state index is -0.425. The molecule has 2 rings (SSSR count). The summed E-state index contributed by atoms with van der Waals surface area (Å²) in [5, 5.41) is 5.22. The molecule has 0 spiro atoms. The maximum atomic E-state index is 12.3. The summed E-state index contributed by atoms with van der Waals surface area (Å²) >= 11 is 0. The van der Waals surface area contributed by atoms with Crippen molar-refractivity contribution in [1.82, 2.24) is 15.5 Å². The molecule has 7 heteroatoms. The molecule has 0 aliphatic carbocycles. The lowest BCUT2D eigenvalue weighted by molar-refractivity contribution is -0.138. The molecule has 1 heterocycles. The average Bonchev–Trinajstić information content (AvgIpc) is 3.13. The molecule has 1 aromatic rings. The fraction of sp³-hybridized carbons (Fsp3) is 0.500. The third-order valence-corrected chi connectivity index (χ3v) is 4.33. The fourth-order valence-corrected chi connectivity index (χ4v) is 2.95. The number of ether oxygens (including phenoxy) is 1. The standard InChI is InChI=1S/C18H25N3O4/c1-19-18(24)15-7-4-10-21(15)17(23)12-20-16(22)9-8-13-5-3-6-14(11-13)25-2/h3,5-6,11,15H,4,7-10,12H2,1-2H3,(H,19,24)(H,20,22)/t15-/m1/s1. The molecule has 3 amide bonds. The largest absolute Gasteiger partial charge is 0.497 e. The van der Waals surface area contributed by atoms with E-state index in [9.17, 15) is 14.4 Å². The maximum absolute atomic E-state index is 12.3. The molecule has 1 saturated heterocycles. The predicted octanol–water partition coefficient (Wildman–Crippen LogP) is 0.481. The Morgan fingerprint density at radius 2 is 2.12 bits per heavy atom. The highest BCUT2D eigenvalue weighted by Crippen LogP contribution is 2.17. The summed E-state index contributed by atoms with van der Waals surface area (Å²) in [6.07, 6.45) is 2.32. The van der Waals surface area contributed by atoms with E-state index in [0.29, 0.717) is 25.8 Å². The van der Waals surface area contributed by atoms with Gasteiger partial charge in [0.15, 0.2) is 0 Å². The molecule has 1 aromatic carbocycles. The van der Waals surface area contributed by atoms with Gasteiger partial charge in [-0.1, -0.05) is 12.1 Å². The van der Waals surface area contributed by atoms with Crippen LogP contribution in [0.5, 0.6) is 5.75 Å². The van der Waals surface area contributed by atoms with E-state index in [2.05, 4.69) is 10.6 Å². The highest BCUT2D eigenvalue weighted by molar-refractivity contribution is 5.90. The van der Waals surface area contributed by atoms with Crippen molar-refractivity contribution in [2.45, 2.75) is 31.7 Å². The van der Waals surface area contributed by atoms with Gasteiger partial charge in [0.25, 0.3) is 0 Å². The summed E-state index contributed by atoms with van der Waals surface area (Å²) in [5.41, 5.74) is 1.00. The number of rotatable bonds is 7. The van der Waals surface area contributed by atoms with Crippen LogP contribution in [0.3, 0.4) is 0 Å². The van der Waals surface area contributed by atoms with Gasteiger partial charge < -0.3 is 20.3 Å². The number of hydrogen-bond donors (Lipinski definition) is 2.